The number of aromatic hydroxyl groups is 1. The second-order valence-corrected chi connectivity index (χ2v) is 15.9. The SMILES string of the molecule is C=CCc1cc(C(C)C)c(N=Cc2cccc(-c3ccccc3)c2O)c(C(C)C)c1.[Ni].[c-]1ccccc1.c1ccc(P(c2ccccc2)c2ccccc2)cc1. The Labute approximate surface area is 346 Å². The number of aliphatic imine (C=N–C) groups is 1. The van der Waals surface area contributed by atoms with Crippen LogP contribution < -0.4 is 15.9 Å². The third kappa shape index (κ3) is 12.3. The molecule has 0 unspecified atom stereocenters. The molecule has 0 atom stereocenters. The molecule has 0 spiro atoms. The second-order valence-electron chi connectivity index (χ2n) is 13.7. The van der Waals surface area contributed by atoms with Crippen molar-refractivity contribution in [3.8, 4) is 16.9 Å². The molecule has 0 aliphatic rings. The zero-order chi connectivity index (χ0) is 38.8. The minimum atomic E-state index is -0.446. The Balaban J connectivity index is 0.000000226. The number of hydrogen-bond donors (Lipinski definition) is 1. The molecule has 0 aliphatic heterocycles. The van der Waals surface area contributed by atoms with Gasteiger partial charge >= 0.3 is 0 Å². The molecule has 4 heteroatoms. The van der Waals surface area contributed by atoms with Crippen LogP contribution in [0.1, 0.15) is 61.8 Å². The van der Waals surface area contributed by atoms with Crippen molar-refractivity contribution in [1.82, 2.24) is 0 Å². The van der Waals surface area contributed by atoms with Gasteiger partial charge in [0.15, 0.2) is 0 Å². The first-order valence-corrected chi connectivity index (χ1v) is 20.3. The van der Waals surface area contributed by atoms with Gasteiger partial charge in [-0.05, 0) is 70.4 Å². The van der Waals surface area contributed by atoms with Gasteiger partial charge in [-0.3, -0.25) is 4.99 Å². The van der Waals surface area contributed by atoms with E-state index in [0.29, 0.717) is 11.8 Å². The topological polar surface area (TPSA) is 32.6 Å². The molecular weight excluding hydrogens is 744 g/mol. The minimum Gasteiger partial charge on any atom is -0.507 e. The quantitative estimate of drug-likeness (QED) is 0.0483. The number of benzene rings is 7. The van der Waals surface area contributed by atoms with Gasteiger partial charge in [-0.25, -0.2) is 0 Å². The van der Waals surface area contributed by atoms with E-state index in [1.54, 1.807) is 6.21 Å². The van der Waals surface area contributed by atoms with Crippen LogP contribution in [0.15, 0.2) is 200 Å². The smallest absolute Gasteiger partial charge is 0.132 e. The fourth-order valence-electron chi connectivity index (χ4n) is 6.23. The zero-order valence-corrected chi connectivity index (χ0v) is 34.6. The molecule has 1 N–H and O–H groups in total. The van der Waals surface area contributed by atoms with E-state index in [-0.39, 0.29) is 22.2 Å². The standard InChI is InChI=1S/C28H31NO.C18H15P.C6H5.Ni/c1-6-11-21-16-25(19(2)3)27(26(17-21)20(4)5)29-18-23-14-10-15-24(28(23)30)22-12-8-7-9-13-22;1-4-10-16(11-5-1)19(17-12-6-2-7-13-17)18-14-8-3-9-15-18;1-2-4-6-5-3-1;/h6-10,12-20,30H,1,11H2,2-5H3;1-15H;1-5H;/q;;-1;. The van der Waals surface area contributed by atoms with E-state index < -0.39 is 7.92 Å². The maximum absolute atomic E-state index is 10.9. The van der Waals surface area contributed by atoms with Crippen molar-refractivity contribution in [3.05, 3.63) is 223 Å². The Kier molecular flexibility index (Phi) is 17.8. The first-order valence-electron chi connectivity index (χ1n) is 18.9. The summed E-state index contributed by atoms with van der Waals surface area (Å²) >= 11 is 0. The molecule has 0 saturated carbocycles. The third-order valence-corrected chi connectivity index (χ3v) is 11.4. The fourth-order valence-corrected chi connectivity index (χ4v) is 8.53. The first-order chi connectivity index (χ1) is 26.9. The number of phenols is 1. The van der Waals surface area contributed by atoms with Crippen molar-refractivity contribution in [3.63, 3.8) is 0 Å². The van der Waals surface area contributed by atoms with Gasteiger partial charge in [-0.2, -0.15) is 36.4 Å². The van der Waals surface area contributed by atoms with Crippen molar-refractivity contribution >= 4 is 35.7 Å². The van der Waals surface area contributed by atoms with E-state index in [0.717, 1.165) is 28.8 Å². The summed E-state index contributed by atoms with van der Waals surface area (Å²) in [4.78, 5) is 4.90. The normalized spacial score (nSPS) is 10.6. The number of nitrogens with zero attached hydrogens (tertiary/aromatic N) is 1. The Morgan fingerprint density at radius 1 is 0.607 bits per heavy atom. The van der Waals surface area contributed by atoms with Crippen molar-refractivity contribution in [2.45, 2.75) is 46.0 Å². The number of phenolic OH excluding ortho intramolecular Hbond substituents is 1. The van der Waals surface area contributed by atoms with Crippen molar-refractivity contribution in [2.24, 2.45) is 4.99 Å². The molecule has 7 aromatic rings. The van der Waals surface area contributed by atoms with Crippen molar-refractivity contribution < 1.29 is 21.6 Å². The molecule has 2 nitrogen and oxygen atoms in total. The summed E-state index contributed by atoms with van der Waals surface area (Å²) in [5.74, 6) is 0.959. The van der Waals surface area contributed by atoms with E-state index >= 15 is 0 Å². The fraction of sp³-hybridized carbons (Fsp3) is 0.135. The van der Waals surface area contributed by atoms with Crippen LogP contribution in [0.3, 0.4) is 0 Å². The van der Waals surface area contributed by atoms with Crippen molar-refractivity contribution in [2.75, 3.05) is 0 Å². The Hall–Kier alpha value is -5.33. The Bertz CT molecular complexity index is 2060. The second kappa shape index (κ2) is 22.9. The maximum Gasteiger partial charge on any atom is 0.132 e. The molecule has 0 aliphatic carbocycles. The van der Waals surface area contributed by atoms with E-state index in [4.69, 9.17) is 4.99 Å². The number of para-hydroxylation sites is 1. The number of allylic oxidation sites excluding steroid dienone is 1. The Morgan fingerprint density at radius 3 is 1.45 bits per heavy atom. The molecule has 0 saturated heterocycles. The molecule has 0 fully saturated rings. The van der Waals surface area contributed by atoms with Crippen LogP contribution in [0, 0.1) is 6.07 Å². The summed E-state index contributed by atoms with van der Waals surface area (Å²) in [7, 11) is -0.446. The minimum absolute atomic E-state index is 0. The van der Waals surface area contributed by atoms with E-state index in [9.17, 15) is 5.11 Å². The largest absolute Gasteiger partial charge is 0.507 e. The van der Waals surface area contributed by atoms with Gasteiger partial charge in [-0.15, -0.1) is 6.58 Å². The zero-order valence-electron chi connectivity index (χ0n) is 32.7. The predicted molar refractivity (Wildman–Crippen MR) is 240 cm³/mol. The summed E-state index contributed by atoms with van der Waals surface area (Å²) in [6.45, 7) is 12.7. The molecule has 0 bridgehead atoms. The van der Waals surface area contributed by atoms with Gasteiger partial charge in [0.25, 0.3) is 0 Å². The molecular formula is C52H51NNiOP-. The van der Waals surface area contributed by atoms with Crippen LogP contribution in [0.5, 0.6) is 5.75 Å². The molecule has 286 valence electrons. The molecule has 7 rings (SSSR count). The van der Waals surface area contributed by atoms with Crippen LogP contribution in [0.2, 0.25) is 0 Å². The first kappa shape index (κ1) is 43.4. The number of hydrogen-bond acceptors (Lipinski definition) is 2. The maximum atomic E-state index is 10.9. The summed E-state index contributed by atoms with van der Waals surface area (Å²) < 4.78 is 0. The average Bonchev–Trinajstić information content (AvgIpc) is 3.23. The summed E-state index contributed by atoms with van der Waals surface area (Å²) in [5.41, 5.74) is 7.26. The van der Waals surface area contributed by atoms with Gasteiger partial charge < -0.3 is 5.11 Å². The molecule has 0 amide bonds. The number of rotatable bonds is 10. The van der Waals surface area contributed by atoms with Gasteiger partial charge in [0.1, 0.15) is 5.75 Å². The van der Waals surface area contributed by atoms with Crippen LogP contribution in [-0.4, -0.2) is 11.3 Å². The summed E-state index contributed by atoms with van der Waals surface area (Å²) in [5, 5.41) is 15.1. The van der Waals surface area contributed by atoms with Gasteiger partial charge in [0, 0.05) is 33.8 Å². The summed E-state index contributed by atoms with van der Waals surface area (Å²) in [6, 6.07) is 65.0. The summed E-state index contributed by atoms with van der Waals surface area (Å²) in [6.07, 6.45) is 4.59. The van der Waals surface area contributed by atoms with Gasteiger partial charge in [-0.1, -0.05) is 179 Å². The molecule has 56 heavy (non-hydrogen) atoms. The van der Waals surface area contributed by atoms with E-state index in [1.807, 2.05) is 84.9 Å². The van der Waals surface area contributed by atoms with Crippen LogP contribution in [0.4, 0.5) is 5.69 Å². The Morgan fingerprint density at radius 2 is 1.05 bits per heavy atom. The van der Waals surface area contributed by atoms with E-state index in [1.165, 1.54) is 32.6 Å². The molecule has 7 aromatic carbocycles. The molecule has 0 heterocycles. The van der Waals surface area contributed by atoms with Gasteiger partial charge in [0.2, 0.25) is 0 Å². The van der Waals surface area contributed by atoms with Crippen molar-refractivity contribution in [1.29, 1.82) is 0 Å². The monoisotopic (exact) mass is 794 g/mol. The average molecular weight is 796 g/mol. The van der Waals surface area contributed by atoms with Gasteiger partial charge in [0.05, 0.1) is 5.69 Å². The van der Waals surface area contributed by atoms with Crippen LogP contribution >= 0.6 is 7.92 Å². The third-order valence-electron chi connectivity index (χ3n) is 8.99. The molecule has 0 radical (unpaired) electrons. The molecule has 0 aromatic heterocycles. The predicted octanol–water partition coefficient (Wildman–Crippen LogP) is 12.7. The van der Waals surface area contributed by atoms with E-state index in [2.05, 4.69) is 143 Å². The van der Waals surface area contributed by atoms with Crippen LogP contribution in [0.25, 0.3) is 11.1 Å². The van der Waals surface area contributed by atoms with Crippen LogP contribution in [-0.2, 0) is 22.9 Å².